The van der Waals surface area contributed by atoms with Gasteiger partial charge in [-0.1, -0.05) is 80.1 Å². The molecule has 5 nitrogen and oxygen atoms in total. The van der Waals surface area contributed by atoms with E-state index >= 15 is 0 Å². The first kappa shape index (κ1) is 25.5. The highest BCUT2D eigenvalue weighted by molar-refractivity contribution is 5.90. The van der Waals surface area contributed by atoms with Gasteiger partial charge in [0.25, 0.3) is 0 Å². The average molecular weight is 561 g/mol. The smallest absolute Gasteiger partial charge is 0.154 e. The van der Waals surface area contributed by atoms with Gasteiger partial charge in [0, 0.05) is 22.9 Å². The molecule has 8 rings (SSSR count). The first-order chi connectivity index (χ1) is 21.2. The highest BCUT2D eigenvalue weighted by Gasteiger charge is 2.34. The third-order valence-electron chi connectivity index (χ3n) is 9.01. The maximum atomic E-state index is 6.11. The number of hydrogen-bond donors (Lipinski definition) is 1. The number of ether oxygens (including phenoxy) is 1. The molecule has 2 aromatic heterocycles. The molecule has 0 amide bonds. The van der Waals surface area contributed by atoms with Crippen LogP contribution in [0.5, 0.6) is 5.75 Å². The Kier molecular flexibility index (Phi) is 6.11. The maximum absolute atomic E-state index is 6.11. The average Bonchev–Trinajstić information content (AvgIpc) is 3.38. The van der Waals surface area contributed by atoms with Crippen molar-refractivity contribution in [1.29, 1.82) is 0 Å². The third kappa shape index (κ3) is 4.49. The molecule has 1 aliphatic heterocycles. The van der Waals surface area contributed by atoms with Crippen molar-refractivity contribution in [2.24, 2.45) is 0 Å². The van der Waals surface area contributed by atoms with E-state index in [4.69, 9.17) is 14.7 Å². The van der Waals surface area contributed by atoms with E-state index < -0.39 is 0 Å². The molecule has 2 aliphatic rings. The Morgan fingerprint density at radius 1 is 0.791 bits per heavy atom. The van der Waals surface area contributed by atoms with Crippen LogP contribution in [0.3, 0.4) is 0 Å². The van der Waals surface area contributed by atoms with E-state index in [0.717, 1.165) is 62.4 Å². The summed E-state index contributed by atoms with van der Waals surface area (Å²) >= 11 is 0. The molecular formula is C38H32N4O. The van der Waals surface area contributed by atoms with Gasteiger partial charge in [0.1, 0.15) is 18.2 Å². The summed E-state index contributed by atoms with van der Waals surface area (Å²) in [5.74, 6) is 2.53. The van der Waals surface area contributed by atoms with Gasteiger partial charge in [0.05, 0.1) is 22.8 Å². The molecule has 6 aromatic rings. The van der Waals surface area contributed by atoms with Gasteiger partial charge in [-0.05, 0) is 77.9 Å². The van der Waals surface area contributed by atoms with E-state index in [1.54, 1.807) is 0 Å². The predicted octanol–water partition coefficient (Wildman–Crippen LogP) is 9.35. The molecule has 1 fully saturated rings. The lowest BCUT2D eigenvalue weighted by atomic mass is 9.66. The van der Waals surface area contributed by atoms with Gasteiger partial charge in [-0.3, -0.25) is 4.57 Å². The highest BCUT2D eigenvalue weighted by atomic mass is 16.5. The molecule has 0 bridgehead atoms. The summed E-state index contributed by atoms with van der Waals surface area (Å²) in [6.07, 6.45) is 5.64. The minimum absolute atomic E-state index is 0.282. The SMILES string of the molecule is CC1(c2ccc(-c3c(-c4ccc(OCc5ccccc5)cc4)nc4n3-c3cccnc3Nc3ccccc3-4)cc2)CCC1. The van der Waals surface area contributed by atoms with E-state index in [-0.39, 0.29) is 5.41 Å². The number of nitrogens with one attached hydrogen (secondary N) is 1. The summed E-state index contributed by atoms with van der Waals surface area (Å²) in [5.41, 5.74) is 9.97. The lowest BCUT2D eigenvalue weighted by Gasteiger charge is -2.39. The van der Waals surface area contributed by atoms with Crippen LogP contribution in [0.4, 0.5) is 11.5 Å². The standard InChI is InChI=1S/C38H32N4O/c1-38(22-8-23-38)29-18-14-28(15-19-29)35-34(27-16-20-30(21-17-27)43-25-26-9-3-2-4-10-26)41-37-31-11-5-6-12-32(31)40-36-33(42(35)37)13-7-24-39-36/h2-7,9-21,24H,8,22-23,25H2,1H3,(H,39,40). The lowest BCUT2D eigenvalue weighted by Crippen LogP contribution is -2.30. The second-order valence-electron chi connectivity index (χ2n) is 11.8. The molecule has 1 N–H and O–H groups in total. The Morgan fingerprint density at radius 2 is 1.53 bits per heavy atom. The largest absolute Gasteiger partial charge is 0.489 e. The van der Waals surface area contributed by atoms with Crippen LogP contribution in [-0.2, 0) is 12.0 Å². The summed E-state index contributed by atoms with van der Waals surface area (Å²) in [4.78, 5) is 10.1. The maximum Gasteiger partial charge on any atom is 0.154 e. The van der Waals surface area contributed by atoms with Crippen molar-refractivity contribution in [3.05, 3.63) is 133 Å². The Labute approximate surface area is 251 Å². The number of imidazole rings is 1. The van der Waals surface area contributed by atoms with Crippen molar-refractivity contribution in [1.82, 2.24) is 14.5 Å². The summed E-state index contributed by atoms with van der Waals surface area (Å²) < 4.78 is 8.38. The molecule has 1 saturated carbocycles. The fourth-order valence-electron chi connectivity index (χ4n) is 6.37. The van der Waals surface area contributed by atoms with Gasteiger partial charge < -0.3 is 10.1 Å². The van der Waals surface area contributed by atoms with Crippen LogP contribution in [-0.4, -0.2) is 14.5 Å². The van der Waals surface area contributed by atoms with Crippen molar-refractivity contribution in [2.75, 3.05) is 5.32 Å². The third-order valence-corrected chi connectivity index (χ3v) is 9.01. The molecule has 0 atom stereocenters. The molecule has 0 spiro atoms. The molecule has 0 saturated heterocycles. The van der Waals surface area contributed by atoms with Gasteiger partial charge in [-0.2, -0.15) is 0 Å². The number of rotatable bonds is 6. The normalized spacial score (nSPS) is 14.3. The molecule has 0 radical (unpaired) electrons. The molecule has 0 unspecified atom stereocenters. The van der Waals surface area contributed by atoms with E-state index in [0.29, 0.717) is 6.61 Å². The molecule has 210 valence electrons. The zero-order valence-corrected chi connectivity index (χ0v) is 24.1. The minimum Gasteiger partial charge on any atom is -0.489 e. The molecule has 1 aliphatic carbocycles. The number of fused-ring (bicyclic) bond motifs is 5. The highest BCUT2D eigenvalue weighted by Crippen LogP contribution is 2.46. The summed E-state index contributed by atoms with van der Waals surface area (Å²) in [6, 6.07) is 40.1. The molecule has 3 heterocycles. The van der Waals surface area contributed by atoms with Crippen LogP contribution in [0.2, 0.25) is 0 Å². The molecular weight excluding hydrogens is 528 g/mol. The van der Waals surface area contributed by atoms with Crippen molar-refractivity contribution < 1.29 is 4.74 Å². The first-order valence-electron chi connectivity index (χ1n) is 15.0. The van der Waals surface area contributed by atoms with E-state index in [9.17, 15) is 0 Å². The number of anilines is 2. The van der Waals surface area contributed by atoms with Crippen LogP contribution in [0.15, 0.2) is 121 Å². The Hall–Kier alpha value is -5.16. The van der Waals surface area contributed by atoms with Crippen LogP contribution in [0, 0.1) is 0 Å². The number of nitrogens with zero attached hydrogens (tertiary/aromatic N) is 3. The van der Waals surface area contributed by atoms with Crippen molar-refractivity contribution in [2.45, 2.75) is 38.2 Å². The Bertz CT molecular complexity index is 1920. The van der Waals surface area contributed by atoms with Crippen molar-refractivity contribution >= 4 is 11.5 Å². The summed E-state index contributed by atoms with van der Waals surface area (Å²) in [6.45, 7) is 2.91. The van der Waals surface area contributed by atoms with Crippen LogP contribution >= 0.6 is 0 Å². The zero-order chi connectivity index (χ0) is 28.8. The number of benzene rings is 4. The van der Waals surface area contributed by atoms with E-state index in [1.807, 2.05) is 48.7 Å². The van der Waals surface area contributed by atoms with E-state index in [2.05, 4.69) is 89.6 Å². The van der Waals surface area contributed by atoms with Crippen LogP contribution in [0.25, 0.3) is 39.6 Å². The van der Waals surface area contributed by atoms with E-state index in [1.165, 1.54) is 24.8 Å². The lowest BCUT2D eigenvalue weighted by molar-refractivity contribution is 0.272. The van der Waals surface area contributed by atoms with Gasteiger partial charge >= 0.3 is 0 Å². The van der Waals surface area contributed by atoms with Gasteiger partial charge in [0.15, 0.2) is 5.82 Å². The summed E-state index contributed by atoms with van der Waals surface area (Å²) in [5, 5.41) is 3.56. The number of pyridine rings is 1. The minimum atomic E-state index is 0.282. The number of aromatic nitrogens is 3. The first-order valence-corrected chi connectivity index (χ1v) is 15.0. The van der Waals surface area contributed by atoms with Gasteiger partial charge in [0.2, 0.25) is 0 Å². The molecule has 4 aromatic carbocycles. The number of para-hydroxylation sites is 1. The van der Waals surface area contributed by atoms with Crippen LogP contribution in [0.1, 0.15) is 37.3 Å². The second kappa shape index (κ2) is 10.3. The van der Waals surface area contributed by atoms with Gasteiger partial charge in [-0.25, -0.2) is 9.97 Å². The second-order valence-corrected chi connectivity index (χ2v) is 11.8. The zero-order valence-electron chi connectivity index (χ0n) is 24.1. The van der Waals surface area contributed by atoms with Crippen LogP contribution < -0.4 is 10.1 Å². The van der Waals surface area contributed by atoms with Gasteiger partial charge in [-0.15, -0.1) is 0 Å². The Balaban J connectivity index is 1.28. The molecule has 5 heteroatoms. The fraction of sp³-hybridized carbons (Fsp3) is 0.158. The number of hydrogen-bond acceptors (Lipinski definition) is 4. The topological polar surface area (TPSA) is 52.0 Å². The fourth-order valence-corrected chi connectivity index (χ4v) is 6.37. The van der Waals surface area contributed by atoms with Crippen molar-refractivity contribution in [3.8, 4) is 45.3 Å². The Morgan fingerprint density at radius 3 is 2.30 bits per heavy atom. The predicted molar refractivity (Wildman–Crippen MR) is 173 cm³/mol. The summed E-state index contributed by atoms with van der Waals surface area (Å²) in [7, 11) is 0. The monoisotopic (exact) mass is 560 g/mol. The van der Waals surface area contributed by atoms with Crippen molar-refractivity contribution in [3.63, 3.8) is 0 Å². The quantitative estimate of drug-likeness (QED) is 0.220. The molecule has 43 heavy (non-hydrogen) atoms.